The SMILES string of the molecule is Cc1cc(C)c(CNCCCC(N)=O)cc1C. The van der Waals surface area contributed by atoms with Gasteiger partial charge in [-0.1, -0.05) is 12.1 Å². The second kappa shape index (κ2) is 6.40. The lowest BCUT2D eigenvalue weighted by Gasteiger charge is -2.10. The third-order valence-electron chi connectivity index (χ3n) is 3.04. The normalized spacial score (nSPS) is 10.5. The van der Waals surface area contributed by atoms with Crippen molar-refractivity contribution in [2.45, 2.75) is 40.2 Å². The molecule has 0 radical (unpaired) electrons. The Balaban J connectivity index is 2.41. The van der Waals surface area contributed by atoms with Crippen LogP contribution in [0.25, 0.3) is 0 Å². The molecule has 17 heavy (non-hydrogen) atoms. The quantitative estimate of drug-likeness (QED) is 0.739. The molecular weight excluding hydrogens is 212 g/mol. The minimum absolute atomic E-state index is 0.228. The number of hydrogen-bond acceptors (Lipinski definition) is 2. The standard InChI is InChI=1S/C14H22N2O/c1-10-7-12(3)13(8-11(10)2)9-16-6-4-5-14(15)17/h7-8,16H,4-6,9H2,1-3H3,(H2,15,17). The molecule has 0 aliphatic rings. The smallest absolute Gasteiger partial charge is 0.217 e. The van der Waals surface area contributed by atoms with Gasteiger partial charge in [-0.15, -0.1) is 0 Å². The number of primary amides is 1. The highest BCUT2D eigenvalue weighted by Gasteiger charge is 2.01. The molecule has 0 unspecified atom stereocenters. The van der Waals surface area contributed by atoms with Gasteiger partial charge < -0.3 is 11.1 Å². The summed E-state index contributed by atoms with van der Waals surface area (Å²) in [6.45, 7) is 8.08. The number of rotatable bonds is 6. The van der Waals surface area contributed by atoms with Crippen molar-refractivity contribution in [2.75, 3.05) is 6.54 Å². The summed E-state index contributed by atoms with van der Waals surface area (Å²) >= 11 is 0. The van der Waals surface area contributed by atoms with Crippen molar-refractivity contribution in [3.63, 3.8) is 0 Å². The Morgan fingerprint density at radius 2 is 1.82 bits per heavy atom. The first-order chi connectivity index (χ1) is 8.00. The van der Waals surface area contributed by atoms with Crippen LogP contribution in [-0.2, 0) is 11.3 Å². The van der Waals surface area contributed by atoms with E-state index in [1.807, 2.05) is 0 Å². The number of nitrogens with one attached hydrogen (secondary N) is 1. The van der Waals surface area contributed by atoms with Crippen LogP contribution >= 0.6 is 0 Å². The van der Waals surface area contributed by atoms with E-state index in [9.17, 15) is 4.79 Å². The molecule has 0 saturated heterocycles. The van der Waals surface area contributed by atoms with E-state index in [-0.39, 0.29) is 5.91 Å². The van der Waals surface area contributed by atoms with Gasteiger partial charge in [-0.05, 0) is 56.0 Å². The number of hydrogen-bond donors (Lipinski definition) is 2. The van der Waals surface area contributed by atoms with E-state index in [0.717, 1.165) is 19.5 Å². The second-order valence-corrected chi connectivity index (χ2v) is 4.61. The van der Waals surface area contributed by atoms with Crippen molar-refractivity contribution in [3.05, 3.63) is 34.4 Å². The van der Waals surface area contributed by atoms with E-state index in [1.165, 1.54) is 22.3 Å². The fourth-order valence-electron chi connectivity index (χ4n) is 1.82. The summed E-state index contributed by atoms with van der Waals surface area (Å²) in [5.41, 5.74) is 10.4. The molecule has 1 aromatic rings. The lowest BCUT2D eigenvalue weighted by atomic mass is 10.0. The summed E-state index contributed by atoms with van der Waals surface area (Å²) in [5.74, 6) is -0.228. The monoisotopic (exact) mass is 234 g/mol. The van der Waals surface area contributed by atoms with Crippen molar-refractivity contribution in [1.82, 2.24) is 5.32 Å². The highest BCUT2D eigenvalue weighted by Crippen LogP contribution is 2.14. The van der Waals surface area contributed by atoms with Gasteiger partial charge in [-0.2, -0.15) is 0 Å². The van der Waals surface area contributed by atoms with Crippen LogP contribution in [0.15, 0.2) is 12.1 Å². The van der Waals surface area contributed by atoms with E-state index in [2.05, 4.69) is 38.2 Å². The Kier molecular flexibility index (Phi) is 5.16. The number of benzene rings is 1. The van der Waals surface area contributed by atoms with E-state index in [1.54, 1.807) is 0 Å². The van der Waals surface area contributed by atoms with Crippen LogP contribution in [0.2, 0.25) is 0 Å². The molecule has 3 nitrogen and oxygen atoms in total. The zero-order valence-corrected chi connectivity index (χ0v) is 11.0. The molecular formula is C14H22N2O. The molecule has 0 fully saturated rings. The Labute approximate surface area is 103 Å². The Morgan fingerprint density at radius 3 is 2.47 bits per heavy atom. The average Bonchev–Trinajstić information content (AvgIpc) is 2.24. The zero-order chi connectivity index (χ0) is 12.8. The van der Waals surface area contributed by atoms with Gasteiger partial charge in [-0.3, -0.25) is 4.79 Å². The molecule has 1 aromatic carbocycles. The molecule has 1 amide bonds. The molecule has 0 aliphatic carbocycles. The maximum atomic E-state index is 10.6. The van der Waals surface area contributed by atoms with Gasteiger partial charge in [0.2, 0.25) is 5.91 Å². The lowest BCUT2D eigenvalue weighted by molar-refractivity contribution is -0.118. The van der Waals surface area contributed by atoms with Crippen molar-refractivity contribution in [1.29, 1.82) is 0 Å². The second-order valence-electron chi connectivity index (χ2n) is 4.61. The highest BCUT2D eigenvalue weighted by atomic mass is 16.1. The summed E-state index contributed by atoms with van der Waals surface area (Å²) in [7, 11) is 0. The fraction of sp³-hybridized carbons (Fsp3) is 0.500. The van der Waals surface area contributed by atoms with E-state index in [4.69, 9.17) is 5.73 Å². The lowest BCUT2D eigenvalue weighted by Crippen LogP contribution is -2.18. The Hall–Kier alpha value is -1.35. The summed E-state index contributed by atoms with van der Waals surface area (Å²) in [4.78, 5) is 10.6. The first-order valence-corrected chi connectivity index (χ1v) is 6.06. The number of amides is 1. The molecule has 0 heterocycles. The van der Waals surface area contributed by atoms with Gasteiger partial charge in [0.25, 0.3) is 0 Å². The predicted molar refractivity (Wildman–Crippen MR) is 70.8 cm³/mol. The van der Waals surface area contributed by atoms with Gasteiger partial charge in [-0.25, -0.2) is 0 Å². The Morgan fingerprint density at radius 1 is 1.18 bits per heavy atom. The van der Waals surface area contributed by atoms with Crippen LogP contribution in [0.5, 0.6) is 0 Å². The summed E-state index contributed by atoms with van der Waals surface area (Å²) < 4.78 is 0. The van der Waals surface area contributed by atoms with Crippen molar-refractivity contribution in [3.8, 4) is 0 Å². The van der Waals surface area contributed by atoms with Gasteiger partial charge in [0.1, 0.15) is 0 Å². The molecule has 0 aliphatic heterocycles. The van der Waals surface area contributed by atoms with Gasteiger partial charge in [0.15, 0.2) is 0 Å². The van der Waals surface area contributed by atoms with Crippen molar-refractivity contribution < 1.29 is 4.79 Å². The van der Waals surface area contributed by atoms with Gasteiger partial charge in [0, 0.05) is 13.0 Å². The van der Waals surface area contributed by atoms with E-state index >= 15 is 0 Å². The number of aryl methyl sites for hydroxylation is 3. The van der Waals surface area contributed by atoms with Crippen LogP contribution in [0.3, 0.4) is 0 Å². The van der Waals surface area contributed by atoms with Gasteiger partial charge >= 0.3 is 0 Å². The maximum absolute atomic E-state index is 10.6. The summed E-state index contributed by atoms with van der Waals surface area (Å²) in [5, 5.41) is 3.34. The molecule has 0 bridgehead atoms. The average molecular weight is 234 g/mol. The topological polar surface area (TPSA) is 55.1 Å². The zero-order valence-electron chi connectivity index (χ0n) is 11.0. The van der Waals surface area contributed by atoms with Gasteiger partial charge in [0.05, 0.1) is 0 Å². The number of carbonyl (C=O) groups excluding carboxylic acids is 1. The van der Waals surface area contributed by atoms with Crippen molar-refractivity contribution >= 4 is 5.91 Å². The first kappa shape index (κ1) is 13.7. The van der Waals surface area contributed by atoms with Crippen LogP contribution in [-0.4, -0.2) is 12.5 Å². The molecule has 0 aromatic heterocycles. The van der Waals surface area contributed by atoms with Crippen molar-refractivity contribution in [2.24, 2.45) is 5.73 Å². The number of nitrogens with two attached hydrogens (primary N) is 1. The third-order valence-corrected chi connectivity index (χ3v) is 3.04. The molecule has 3 N–H and O–H groups in total. The summed E-state index contributed by atoms with van der Waals surface area (Å²) in [6, 6.07) is 4.45. The third kappa shape index (κ3) is 4.57. The maximum Gasteiger partial charge on any atom is 0.217 e. The first-order valence-electron chi connectivity index (χ1n) is 6.06. The van der Waals surface area contributed by atoms with E-state index in [0.29, 0.717) is 6.42 Å². The molecule has 0 spiro atoms. The molecule has 1 rings (SSSR count). The fourth-order valence-corrected chi connectivity index (χ4v) is 1.82. The number of carbonyl (C=O) groups is 1. The molecule has 94 valence electrons. The molecule has 0 atom stereocenters. The van der Waals surface area contributed by atoms with E-state index < -0.39 is 0 Å². The summed E-state index contributed by atoms with van der Waals surface area (Å²) in [6.07, 6.45) is 1.26. The largest absolute Gasteiger partial charge is 0.370 e. The van der Waals surface area contributed by atoms with Crippen LogP contribution in [0, 0.1) is 20.8 Å². The minimum atomic E-state index is -0.228. The van der Waals surface area contributed by atoms with Crippen LogP contribution in [0.1, 0.15) is 35.1 Å². The highest BCUT2D eigenvalue weighted by molar-refractivity contribution is 5.73. The molecule has 0 saturated carbocycles. The minimum Gasteiger partial charge on any atom is -0.370 e. The molecule has 3 heteroatoms. The Bertz CT molecular complexity index is 399. The van der Waals surface area contributed by atoms with Crippen LogP contribution in [0.4, 0.5) is 0 Å². The van der Waals surface area contributed by atoms with Crippen LogP contribution < -0.4 is 11.1 Å². The predicted octanol–water partition coefficient (Wildman–Crippen LogP) is 1.97.